The lowest BCUT2D eigenvalue weighted by Crippen LogP contribution is -2.75. The average molecular weight is 1100 g/mol. The van der Waals surface area contributed by atoms with Gasteiger partial charge in [-0.25, -0.2) is 0 Å². The number of benzene rings is 5. The molecule has 0 N–H and O–H groups in total. The number of halogens is 24. The van der Waals surface area contributed by atoms with Gasteiger partial charge in [0.25, 0.3) is 0 Å². The summed E-state index contributed by atoms with van der Waals surface area (Å²) in [6.45, 7) is 0.954. The van der Waals surface area contributed by atoms with Crippen LogP contribution in [0.25, 0.3) is 0 Å². The van der Waals surface area contributed by atoms with Crippen LogP contribution >= 0.6 is 0 Å². The molecule has 7 rings (SSSR count). The van der Waals surface area contributed by atoms with Crippen LogP contribution in [0, 0.1) is 0 Å². The van der Waals surface area contributed by atoms with Gasteiger partial charge in [-0.15, -0.1) is 0 Å². The molecule has 1 aromatic heterocycles. The second-order valence-corrected chi connectivity index (χ2v) is 17.3. The molecule has 1 aliphatic carbocycles. The Morgan fingerprint density at radius 1 is 0.387 bits per heavy atom. The van der Waals surface area contributed by atoms with Crippen molar-refractivity contribution in [2.75, 3.05) is 0 Å². The molecule has 0 atom stereocenters. The van der Waals surface area contributed by atoms with Gasteiger partial charge in [-0.1, -0.05) is 91.7 Å². The zero-order valence-electron chi connectivity index (χ0n) is 37.2. The maximum absolute atomic E-state index is 14.2. The highest BCUT2D eigenvalue weighted by molar-refractivity contribution is 7.20. The van der Waals surface area contributed by atoms with E-state index in [-0.39, 0.29) is 0 Å². The summed E-state index contributed by atoms with van der Waals surface area (Å²) in [6, 6.07) is 1.84. The van der Waals surface area contributed by atoms with Crippen LogP contribution in [0.15, 0.2) is 122 Å². The first-order valence-electron chi connectivity index (χ1n) is 21.4. The first-order valence-corrected chi connectivity index (χ1v) is 21.4. The number of nitrogens with zero attached hydrogens (tertiary/aromatic N) is 2. The van der Waals surface area contributed by atoms with E-state index in [2.05, 4.69) is 52.3 Å². The van der Waals surface area contributed by atoms with Crippen LogP contribution in [0.1, 0.15) is 87.4 Å². The fourth-order valence-corrected chi connectivity index (χ4v) is 8.95. The lowest BCUT2D eigenvalue weighted by atomic mass is 9.12. The van der Waals surface area contributed by atoms with Crippen molar-refractivity contribution in [1.82, 2.24) is 4.98 Å². The molecule has 1 heterocycles. The van der Waals surface area contributed by atoms with Gasteiger partial charge in [0.15, 0.2) is 12.7 Å². The number of hydrogen-bond acceptors (Lipinski definition) is 1. The third kappa shape index (κ3) is 13.3. The summed E-state index contributed by atoms with van der Waals surface area (Å²) in [5.74, 6) is 0.711. The Morgan fingerprint density at radius 3 is 0.907 bits per heavy atom. The van der Waals surface area contributed by atoms with E-state index in [9.17, 15) is 105 Å². The van der Waals surface area contributed by atoms with E-state index in [0.717, 1.165) is 6.54 Å². The molecule has 0 radical (unpaired) electrons. The van der Waals surface area contributed by atoms with Crippen LogP contribution in [-0.4, -0.2) is 11.1 Å². The third-order valence-corrected chi connectivity index (χ3v) is 12.3. The van der Waals surface area contributed by atoms with Crippen molar-refractivity contribution in [3.05, 3.63) is 177 Å². The monoisotopic (exact) mass is 1100 g/mol. The molecule has 1 saturated carbocycles. The fourth-order valence-electron chi connectivity index (χ4n) is 8.95. The molecular formula is C48H31BF24N2. The van der Waals surface area contributed by atoms with Gasteiger partial charge < -0.3 is 0 Å². The summed E-state index contributed by atoms with van der Waals surface area (Å²) in [6.07, 6.45) is -43.4. The first kappa shape index (κ1) is 57.8. The smallest absolute Gasteiger partial charge is 0.252 e. The summed E-state index contributed by atoms with van der Waals surface area (Å²) in [4.78, 5) is 4.31. The maximum atomic E-state index is 14.2. The minimum atomic E-state index is -6.13. The molecule has 75 heavy (non-hydrogen) atoms. The minimum Gasteiger partial charge on any atom is -0.252 e. The Hall–Kier alpha value is -6.44. The second-order valence-electron chi connectivity index (χ2n) is 17.3. The highest BCUT2D eigenvalue weighted by Crippen LogP contribution is 2.42. The summed E-state index contributed by atoms with van der Waals surface area (Å²) < 4.78 is 343. The number of hydrogen-bond donors (Lipinski definition) is 0. The van der Waals surface area contributed by atoms with Crippen molar-refractivity contribution in [1.29, 1.82) is 0 Å². The SMILES string of the molecule is FC(F)(F)c1cc([B-](c2cc(C(F)(F)F)cc(C(F)(F)F)c2)(c2cc(C(F)(F)F)cc(C(F)(F)F)c2)c2cc(C(F)(F)F)cc(C(F)(F)F)c2)cc(C(F)(F)F)c1.c1ccc(C[n+]2ccncc2C2CCCC2)cc1. The summed E-state index contributed by atoms with van der Waals surface area (Å²) >= 11 is 0. The van der Waals surface area contributed by atoms with Gasteiger partial charge in [0, 0.05) is 11.5 Å². The summed E-state index contributed by atoms with van der Waals surface area (Å²) in [7, 11) is 0. The molecule has 2 nitrogen and oxygen atoms in total. The predicted octanol–water partition coefficient (Wildman–Crippen LogP) is 14.3. The number of rotatable bonds is 7. The standard InChI is InChI=1S/C32H12BF24.C16H19N2/c34-25(35,36)13-1-14(26(37,38)39)6-21(5-13)33(22-7-15(27(40,41)42)2-16(8-22)28(43,44)45,23-9-17(29(46,47)48)3-18(10-23)30(49,50)51)24-11-19(31(52,53)54)4-20(12-24)32(55,56)57;1-2-6-14(7-3-1)13-18-11-10-17-12-16(18)15-8-4-5-9-15/h1-12H;1-3,6-7,10-12,15H,4-5,8-9,13H2/q-1;+1. The molecule has 1 fully saturated rings. The molecule has 6 aromatic rings. The Bertz CT molecular complexity index is 2540. The zero-order chi connectivity index (χ0) is 56.1. The van der Waals surface area contributed by atoms with E-state index >= 15 is 0 Å². The quantitative estimate of drug-likeness (QED) is 0.0884. The Labute approximate surface area is 407 Å². The van der Waals surface area contributed by atoms with Crippen LogP contribution in [0.3, 0.4) is 0 Å². The molecular weight excluding hydrogens is 1070 g/mol. The summed E-state index contributed by atoms with van der Waals surface area (Å²) in [5.41, 5.74) is -27.4. The highest BCUT2D eigenvalue weighted by Gasteiger charge is 2.47. The fraction of sp³-hybridized carbons (Fsp3) is 0.292. The van der Waals surface area contributed by atoms with Gasteiger partial charge in [0.1, 0.15) is 6.15 Å². The van der Waals surface area contributed by atoms with Gasteiger partial charge in [-0.05, 0) is 37.1 Å². The Kier molecular flexibility index (Phi) is 15.6. The van der Waals surface area contributed by atoms with E-state index in [1.54, 1.807) is 0 Å². The minimum absolute atomic E-state index is 0.691. The van der Waals surface area contributed by atoms with Gasteiger partial charge >= 0.3 is 49.4 Å². The molecule has 0 amide bonds. The number of alkyl halides is 24. The van der Waals surface area contributed by atoms with Crippen molar-refractivity contribution in [2.45, 2.75) is 87.6 Å². The van der Waals surface area contributed by atoms with E-state index in [4.69, 9.17) is 0 Å². The van der Waals surface area contributed by atoms with Crippen LogP contribution < -0.4 is 26.4 Å². The average Bonchev–Trinajstić information content (AvgIpc) is 3.83. The normalized spacial score (nSPS) is 14.7. The maximum Gasteiger partial charge on any atom is 0.416 e. The van der Waals surface area contributed by atoms with Gasteiger partial charge in [0.05, 0.1) is 56.9 Å². The van der Waals surface area contributed by atoms with E-state index in [0.29, 0.717) is 5.92 Å². The van der Waals surface area contributed by atoms with Crippen LogP contribution in [-0.2, 0) is 56.0 Å². The van der Waals surface area contributed by atoms with Crippen molar-refractivity contribution in [3.8, 4) is 0 Å². The second kappa shape index (κ2) is 20.3. The summed E-state index contributed by atoms with van der Waals surface area (Å²) in [5, 5.41) is 0. The van der Waals surface area contributed by atoms with Crippen molar-refractivity contribution in [3.63, 3.8) is 0 Å². The Morgan fingerprint density at radius 2 is 0.653 bits per heavy atom. The van der Waals surface area contributed by atoms with E-state index < -0.39 is 195 Å². The van der Waals surface area contributed by atoms with E-state index in [1.165, 1.54) is 36.9 Å². The molecule has 0 aliphatic heterocycles. The molecule has 5 aromatic carbocycles. The predicted molar refractivity (Wildman–Crippen MR) is 221 cm³/mol. The van der Waals surface area contributed by atoms with Gasteiger partial charge in [-0.2, -0.15) is 132 Å². The largest absolute Gasteiger partial charge is 0.416 e. The molecule has 0 saturated heterocycles. The molecule has 27 heteroatoms. The van der Waals surface area contributed by atoms with Gasteiger partial charge in [-0.3, -0.25) is 4.98 Å². The van der Waals surface area contributed by atoms with Crippen molar-refractivity contribution in [2.24, 2.45) is 0 Å². The molecule has 404 valence electrons. The molecule has 0 unspecified atom stereocenters. The molecule has 0 spiro atoms. The Balaban J connectivity index is 0.000000421. The number of aromatic nitrogens is 2. The van der Waals surface area contributed by atoms with Crippen LogP contribution in [0.2, 0.25) is 0 Å². The van der Waals surface area contributed by atoms with E-state index in [1.807, 2.05) is 6.20 Å². The van der Waals surface area contributed by atoms with Crippen LogP contribution in [0.5, 0.6) is 0 Å². The van der Waals surface area contributed by atoms with Gasteiger partial charge in [0.2, 0.25) is 5.69 Å². The third-order valence-electron chi connectivity index (χ3n) is 12.3. The molecule has 1 aliphatic rings. The lowest BCUT2D eigenvalue weighted by molar-refractivity contribution is -0.697. The highest BCUT2D eigenvalue weighted by atomic mass is 19.4. The topological polar surface area (TPSA) is 16.8 Å². The van der Waals surface area contributed by atoms with Crippen molar-refractivity contribution < 1.29 is 110 Å². The first-order chi connectivity index (χ1) is 34.2. The molecule has 0 bridgehead atoms. The zero-order valence-corrected chi connectivity index (χ0v) is 37.2. The lowest BCUT2D eigenvalue weighted by Gasteiger charge is -2.46. The van der Waals surface area contributed by atoms with Crippen LogP contribution in [0.4, 0.5) is 105 Å². The van der Waals surface area contributed by atoms with Crippen molar-refractivity contribution >= 4 is 28.0 Å².